The maximum Gasteiger partial charge on any atom is 0.0438 e. The highest BCUT2D eigenvalue weighted by Gasteiger charge is 2.32. The second-order valence-electron chi connectivity index (χ2n) is 4.06. The third-order valence-corrected chi connectivity index (χ3v) is 3.46. The minimum atomic E-state index is 0.494. The van der Waals surface area contributed by atoms with Crippen molar-refractivity contribution in [2.45, 2.75) is 25.8 Å². The van der Waals surface area contributed by atoms with Crippen LogP contribution in [0.2, 0.25) is 5.02 Å². The van der Waals surface area contributed by atoms with E-state index in [4.69, 9.17) is 11.6 Å². The maximum absolute atomic E-state index is 6.11. The quantitative estimate of drug-likeness (QED) is 0.806. The molecule has 0 radical (unpaired) electrons. The Hall–Kier alpha value is -0.530. The van der Waals surface area contributed by atoms with Crippen LogP contribution >= 0.6 is 11.6 Å². The van der Waals surface area contributed by atoms with Gasteiger partial charge in [-0.25, -0.2) is 0 Å². The van der Waals surface area contributed by atoms with Gasteiger partial charge in [0.05, 0.1) is 0 Å². The Balaban J connectivity index is 2.33. The Morgan fingerprint density at radius 1 is 1.43 bits per heavy atom. The molecule has 1 unspecified atom stereocenters. The molecule has 0 heterocycles. The van der Waals surface area contributed by atoms with Gasteiger partial charge in [-0.15, -0.1) is 0 Å². The van der Waals surface area contributed by atoms with Crippen LogP contribution in [0.3, 0.4) is 0 Å². The van der Waals surface area contributed by atoms with Gasteiger partial charge in [0.25, 0.3) is 0 Å². The summed E-state index contributed by atoms with van der Waals surface area (Å²) < 4.78 is 0. The summed E-state index contributed by atoms with van der Waals surface area (Å²) in [7, 11) is 2.03. The average Bonchev–Trinajstić information content (AvgIpc) is 2.97. The van der Waals surface area contributed by atoms with E-state index in [0.717, 1.165) is 10.9 Å². The Labute approximate surface area is 90.5 Å². The summed E-state index contributed by atoms with van der Waals surface area (Å²) in [6.45, 7) is 2.10. The highest BCUT2D eigenvalue weighted by molar-refractivity contribution is 6.31. The first kappa shape index (κ1) is 10.0. The Morgan fingerprint density at radius 3 is 2.71 bits per heavy atom. The zero-order valence-electron chi connectivity index (χ0n) is 8.68. The lowest BCUT2D eigenvalue weighted by Gasteiger charge is -2.18. The van der Waals surface area contributed by atoms with Gasteiger partial charge in [0.1, 0.15) is 0 Å². The van der Waals surface area contributed by atoms with Gasteiger partial charge in [-0.05, 0) is 49.9 Å². The minimum absolute atomic E-state index is 0.494. The van der Waals surface area contributed by atoms with Crippen LogP contribution in [0, 0.1) is 12.8 Å². The van der Waals surface area contributed by atoms with E-state index >= 15 is 0 Å². The third-order valence-electron chi connectivity index (χ3n) is 3.05. The Bertz CT molecular complexity index is 331. The van der Waals surface area contributed by atoms with Crippen molar-refractivity contribution in [2.24, 2.45) is 5.92 Å². The van der Waals surface area contributed by atoms with Gasteiger partial charge >= 0.3 is 0 Å². The van der Waals surface area contributed by atoms with Crippen LogP contribution in [0.5, 0.6) is 0 Å². The summed E-state index contributed by atoms with van der Waals surface area (Å²) in [6, 6.07) is 6.67. The molecular formula is C12H16ClN. The van der Waals surface area contributed by atoms with Gasteiger partial charge in [-0.3, -0.25) is 0 Å². The molecule has 0 spiro atoms. The molecule has 2 rings (SSSR count). The van der Waals surface area contributed by atoms with E-state index in [9.17, 15) is 0 Å². The van der Waals surface area contributed by atoms with Gasteiger partial charge in [0.2, 0.25) is 0 Å². The molecule has 1 aromatic carbocycles. The average molecular weight is 210 g/mol. The molecule has 0 saturated heterocycles. The Kier molecular flexibility index (Phi) is 2.80. The van der Waals surface area contributed by atoms with Gasteiger partial charge in [0.15, 0.2) is 0 Å². The third kappa shape index (κ3) is 1.79. The number of benzene rings is 1. The molecule has 1 N–H and O–H groups in total. The number of hydrogen-bond acceptors (Lipinski definition) is 1. The van der Waals surface area contributed by atoms with Crippen molar-refractivity contribution in [3.05, 3.63) is 34.3 Å². The smallest absolute Gasteiger partial charge is 0.0438 e. The summed E-state index contributed by atoms with van der Waals surface area (Å²) in [6.07, 6.45) is 2.69. The van der Waals surface area contributed by atoms with E-state index in [-0.39, 0.29) is 0 Å². The number of rotatable bonds is 3. The summed E-state index contributed by atoms with van der Waals surface area (Å²) in [4.78, 5) is 0. The van der Waals surface area contributed by atoms with E-state index in [1.165, 1.54) is 24.0 Å². The van der Waals surface area contributed by atoms with E-state index in [2.05, 4.69) is 18.3 Å². The predicted molar refractivity (Wildman–Crippen MR) is 60.7 cm³/mol. The fraction of sp³-hybridized carbons (Fsp3) is 0.500. The standard InChI is InChI=1S/C12H16ClN/c1-8-10(4-3-5-11(8)13)12(14-2)9-6-7-9/h3-5,9,12,14H,6-7H2,1-2H3. The topological polar surface area (TPSA) is 12.0 Å². The molecule has 1 atom stereocenters. The fourth-order valence-corrected chi connectivity index (χ4v) is 2.22. The summed E-state index contributed by atoms with van der Waals surface area (Å²) in [5.74, 6) is 0.817. The monoisotopic (exact) mass is 209 g/mol. The lowest BCUT2D eigenvalue weighted by atomic mass is 9.98. The predicted octanol–water partition coefficient (Wildman–Crippen LogP) is 3.32. The normalized spacial score (nSPS) is 18.2. The molecule has 1 aromatic rings. The maximum atomic E-state index is 6.11. The van der Waals surface area contributed by atoms with E-state index in [1.54, 1.807) is 0 Å². The minimum Gasteiger partial charge on any atom is -0.313 e. The van der Waals surface area contributed by atoms with Crippen LogP contribution in [0.25, 0.3) is 0 Å². The molecule has 0 aliphatic heterocycles. The highest BCUT2D eigenvalue weighted by atomic mass is 35.5. The van der Waals surface area contributed by atoms with Crippen LogP contribution in [0.4, 0.5) is 0 Å². The molecule has 76 valence electrons. The van der Waals surface area contributed by atoms with Crippen molar-refractivity contribution in [3.8, 4) is 0 Å². The molecule has 0 bridgehead atoms. The molecule has 1 saturated carbocycles. The lowest BCUT2D eigenvalue weighted by molar-refractivity contribution is 0.526. The molecule has 1 nitrogen and oxygen atoms in total. The zero-order valence-corrected chi connectivity index (χ0v) is 9.43. The summed E-state index contributed by atoms with van der Waals surface area (Å²) >= 11 is 6.11. The Morgan fingerprint density at radius 2 is 2.14 bits per heavy atom. The summed E-state index contributed by atoms with van der Waals surface area (Å²) in [5, 5.41) is 4.27. The van der Waals surface area contributed by atoms with Gasteiger partial charge in [-0.2, -0.15) is 0 Å². The second kappa shape index (κ2) is 3.92. The largest absolute Gasteiger partial charge is 0.313 e. The van der Waals surface area contributed by atoms with Crippen molar-refractivity contribution in [1.29, 1.82) is 0 Å². The first-order valence-electron chi connectivity index (χ1n) is 5.16. The van der Waals surface area contributed by atoms with E-state index < -0.39 is 0 Å². The lowest BCUT2D eigenvalue weighted by Crippen LogP contribution is -2.19. The molecule has 14 heavy (non-hydrogen) atoms. The molecule has 1 fully saturated rings. The molecule has 0 amide bonds. The van der Waals surface area contributed by atoms with Crippen LogP contribution in [-0.2, 0) is 0 Å². The second-order valence-corrected chi connectivity index (χ2v) is 4.47. The van der Waals surface area contributed by atoms with E-state index in [0.29, 0.717) is 6.04 Å². The number of hydrogen-bond donors (Lipinski definition) is 1. The van der Waals surface area contributed by atoms with Crippen LogP contribution in [0.15, 0.2) is 18.2 Å². The van der Waals surface area contributed by atoms with Crippen molar-refractivity contribution in [3.63, 3.8) is 0 Å². The van der Waals surface area contributed by atoms with Crippen molar-refractivity contribution in [1.82, 2.24) is 5.32 Å². The van der Waals surface area contributed by atoms with Crippen molar-refractivity contribution in [2.75, 3.05) is 7.05 Å². The number of nitrogens with one attached hydrogen (secondary N) is 1. The van der Waals surface area contributed by atoms with Crippen molar-refractivity contribution >= 4 is 11.6 Å². The molecular weight excluding hydrogens is 194 g/mol. The zero-order chi connectivity index (χ0) is 10.1. The SMILES string of the molecule is CNC(c1cccc(Cl)c1C)C1CC1. The molecule has 1 aliphatic rings. The van der Waals surface area contributed by atoms with Crippen LogP contribution < -0.4 is 5.32 Å². The molecule has 0 aromatic heterocycles. The first-order valence-corrected chi connectivity index (χ1v) is 5.54. The van der Waals surface area contributed by atoms with Gasteiger partial charge < -0.3 is 5.32 Å². The van der Waals surface area contributed by atoms with Crippen LogP contribution in [-0.4, -0.2) is 7.05 Å². The van der Waals surface area contributed by atoms with Gasteiger partial charge in [0, 0.05) is 11.1 Å². The van der Waals surface area contributed by atoms with Crippen molar-refractivity contribution < 1.29 is 0 Å². The van der Waals surface area contributed by atoms with E-state index in [1.807, 2.05) is 19.2 Å². The fourth-order valence-electron chi connectivity index (χ4n) is 2.04. The summed E-state index contributed by atoms with van der Waals surface area (Å²) in [5.41, 5.74) is 2.59. The van der Waals surface area contributed by atoms with Crippen LogP contribution in [0.1, 0.15) is 30.0 Å². The molecule has 1 aliphatic carbocycles. The highest BCUT2D eigenvalue weighted by Crippen LogP contribution is 2.42. The number of halogens is 1. The molecule has 2 heteroatoms. The van der Waals surface area contributed by atoms with Gasteiger partial charge in [-0.1, -0.05) is 23.7 Å². The first-order chi connectivity index (χ1) is 6.74.